The SMILES string of the molecule is O=c1cc(-c2ccc(O)c(O)c2)oc2cc(O)c(C3OC(O)C(O)C(OC4OC(CO)C(O)C(O)C4O)C3O)c(O)c12. The van der Waals surface area contributed by atoms with E-state index in [0.29, 0.717) is 0 Å². The Bertz CT molecular complexity index is 1520. The maximum absolute atomic E-state index is 13.0. The Kier molecular flexibility index (Phi) is 8.03. The minimum atomic E-state index is -2.12. The van der Waals surface area contributed by atoms with Gasteiger partial charge in [-0.15, -0.1) is 0 Å². The zero-order chi connectivity index (χ0) is 30.6. The van der Waals surface area contributed by atoms with Crippen molar-refractivity contribution in [1.82, 2.24) is 0 Å². The summed E-state index contributed by atoms with van der Waals surface area (Å²) in [5.74, 6) is -2.73. The molecule has 16 nitrogen and oxygen atoms in total. The van der Waals surface area contributed by atoms with Crippen LogP contribution in [0.4, 0.5) is 0 Å². The second-order valence-corrected chi connectivity index (χ2v) is 9.94. The van der Waals surface area contributed by atoms with Crippen LogP contribution in [0.5, 0.6) is 23.0 Å². The van der Waals surface area contributed by atoms with Crippen molar-refractivity contribution in [3.63, 3.8) is 0 Å². The Labute approximate surface area is 234 Å². The first kappa shape index (κ1) is 29.9. The minimum absolute atomic E-state index is 0.102. The monoisotopic (exact) mass is 596 g/mol. The second-order valence-electron chi connectivity index (χ2n) is 9.94. The molecular weight excluding hydrogens is 568 g/mol. The lowest BCUT2D eigenvalue weighted by Gasteiger charge is -2.45. The van der Waals surface area contributed by atoms with Crippen LogP contribution in [0.2, 0.25) is 0 Å². The predicted octanol–water partition coefficient (Wildman–Crippen LogP) is -2.42. The summed E-state index contributed by atoms with van der Waals surface area (Å²) >= 11 is 0. The Morgan fingerprint density at radius 2 is 1.48 bits per heavy atom. The molecule has 16 heteroatoms. The molecule has 10 unspecified atom stereocenters. The van der Waals surface area contributed by atoms with E-state index in [9.17, 15) is 61.0 Å². The van der Waals surface area contributed by atoms with Gasteiger partial charge in [-0.05, 0) is 18.2 Å². The van der Waals surface area contributed by atoms with Crippen molar-refractivity contribution in [1.29, 1.82) is 0 Å². The summed E-state index contributed by atoms with van der Waals surface area (Å²) in [6, 6.07) is 5.47. The molecule has 2 fully saturated rings. The van der Waals surface area contributed by atoms with E-state index in [2.05, 4.69) is 0 Å². The molecule has 0 amide bonds. The van der Waals surface area contributed by atoms with Gasteiger partial charge >= 0.3 is 0 Å². The van der Waals surface area contributed by atoms with Gasteiger partial charge in [0.25, 0.3) is 0 Å². The summed E-state index contributed by atoms with van der Waals surface area (Å²) in [5.41, 5.74) is -1.60. The lowest BCUT2D eigenvalue weighted by atomic mass is 9.91. The molecule has 3 aromatic rings. The number of hydrogen-bond acceptors (Lipinski definition) is 16. The highest BCUT2D eigenvalue weighted by Gasteiger charge is 2.51. The predicted molar refractivity (Wildman–Crippen MR) is 135 cm³/mol. The van der Waals surface area contributed by atoms with Crippen LogP contribution in [0.1, 0.15) is 11.7 Å². The smallest absolute Gasteiger partial charge is 0.197 e. The summed E-state index contributed by atoms with van der Waals surface area (Å²) in [6.45, 7) is -0.800. The Hall–Kier alpha value is -3.55. The number of aliphatic hydroxyl groups is 7. The highest BCUT2D eigenvalue weighted by atomic mass is 16.7. The number of fused-ring (bicyclic) bond motifs is 1. The van der Waals surface area contributed by atoms with Gasteiger partial charge in [0, 0.05) is 17.7 Å². The van der Waals surface area contributed by atoms with E-state index in [1.807, 2.05) is 0 Å². The molecule has 10 atom stereocenters. The first-order chi connectivity index (χ1) is 19.8. The summed E-state index contributed by atoms with van der Waals surface area (Å²) in [4.78, 5) is 13.0. The normalized spacial score (nSPS) is 33.6. The molecule has 0 saturated carbocycles. The van der Waals surface area contributed by atoms with E-state index < -0.39 is 107 Å². The lowest BCUT2D eigenvalue weighted by Crippen LogP contribution is -2.63. The second kappa shape index (κ2) is 11.3. The van der Waals surface area contributed by atoms with Crippen molar-refractivity contribution >= 4 is 11.0 Å². The first-order valence-electron chi connectivity index (χ1n) is 12.5. The van der Waals surface area contributed by atoms with Crippen LogP contribution in [-0.4, -0.2) is 118 Å². The molecule has 0 spiro atoms. The fourth-order valence-electron chi connectivity index (χ4n) is 4.99. The van der Waals surface area contributed by atoms with Crippen molar-refractivity contribution in [2.45, 2.75) is 61.4 Å². The molecule has 5 rings (SSSR count). The molecule has 0 radical (unpaired) electrons. The number of phenolic OH excluding ortho intramolecular Hbond substituents is 4. The Morgan fingerprint density at radius 3 is 2.14 bits per heavy atom. The molecule has 2 saturated heterocycles. The van der Waals surface area contributed by atoms with Crippen LogP contribution in [0.15, 0.2) is 39.5 Å². The first-order valence-corrected chi connectivity index (χ1v) is 12.5. The van der Waals surface area contributed by atoms with Crippen LogP contribution in [-0.2, 0) is 14.2 Å². The number of aromatic hydroxyl groups is 4. The van der Waals surface area contributed by atoms with Crippen LogP contribution < -0.4 is 5.43 Å². The minimum Gasteiger partial charge on any atom is -0.507 e. The van der Waals surface area contributed by atoms with E-state index >= 15 is 0 Å². The summed E-state index contributed by atoms with van der Waals surface area (Å²) in [5, 5.41) is 112. The van der Waals surface area contributed by atoms with E-state index in [0.717, 1.165) is 24.3 Å². The van der Waals surface area contributed by atoms with Crippen LogP contribution in [0.3, 0.4) is 0 Å². The van der Waals surface area contributed by atoms with Crippen molar-refractivity contribution in [2.75, 3.05) is 6.61 Å². The number of aliphatic hydroxyl groups excluding tert-OH is 7. The molecule has 2 aliphatic rings. The van der Waals surface area contributed by atoms with Crippen LogP contribution in [0.25, 0.3) is 22.3 Å². The van der Waals surface area contributed by atoms with Gasteiger partial charge in [0.05, 0.1) is 12.2 Å². The Balaban J connectivity index is 1.51. The zero-order valence-corrected chi connectivity index (χ0v) is 21.3. The van der Waals surface area contributed by atoms with Crippen LogP contribution in [0, 0.1) is 0 Å². The molecule has 11 N–H and O–H groups in total. The van der Waals surface area contributed by atoms with E-state index in [-0.39, 0.29) is 16.9 Å². The largest absolute Gasteiger partial charge is 0.507 e. The zero-order valence-electron chi connectivity index (χ0n) is 21.3. The van der Waals surface area contributed by atoms with Crippen molar-refractivity contribution in [2.24, 2.45) is 0 Å². The average Bonchev–Trinajstić information content (AvgIpc) is 2.94. The van der Waals surface area contributed by atoms with Crippen molar-refractivity contribution < 1.29 is 74.8 Å². The standard InChI is InChI=1S/C26H28O16/c27-6-14-17(32)19(34)20(35)26(40-14)42-24-21(36)23(41-25(38)22(24)37)16-11(31)5-13-15(18(16)33)10(30)4-12(39-13)7-1-2-8(28)9(29)3-7/h1-5,14,17,19-29,31-38H,6H2. The van der Waals surface area contributed by atoms with Gasteiger partial charge in [-0.3, -0.25) is 4.79 Å². The molecule has 2 aromatic carbocycles. The lowest BCUT2D eigenvalue weighted by molar-refractivity contribution is -0.355. The molecule has 0 aliphatic carbocycles. The van der Waals surface area contributed by atoms with Gasteiger partial charge in [-0.2, -0.15) is 0 Å². The number of benzene rings is 2. The van der Waals surface area contributed by atoms with E-state index in [1.165, 1.54) is 6.07 Å². The average molecular weight is 596 g/mol. The van der Waals surface area contributed by atoms with Gasteiger partial charge in [0.2, 0.25) is 0 Å². The summed E-state index contributed by atoms with van der Waals surface area (Å²) in [6.07, 6.45) is -18.7. The summed E-state index contributed by atoms with van der Waals surface area (Å²) in [7, 11) is 0. The van der Waals surface area contributed by atoms with Gasteiger partial charge in [0.1, 0.15) is 77.1 Å². The third-order valence-corrected chi connectivity index (χ3v) is 7.26. The third kappa shape index (κ3) is 5.03. The van der Waals surface area contributed by atoms with Gasteiger partial charge < -0.3 is 74.8 Å². The van der Waals surface area contributed by atoms with E-state index in [4.69, 9.17) is 18.6 Å². The molecule has 228 valence electrons. The highest BCUT2D eigenvalue weighted by molar-refractivity contribution is 5.88. The van der Waals surface area contributed by atoms with Crippen molar-refractivity contribution in [3.8, 4) is 34.3 Å². The fourth-order valence-corrected chi connectivity index (χ4v) is 4.99. The molecule has 0 bridgehead atoms. The number of hydrogen-bond donors (Lipinski definition) is 11. The summed E-state index contributed by atoms with van der Waals surface area (Å²) < 4.78 is 21.5. The highest BCUT2D eigenvalue weighted by Crippen LogP contribution is 2.45. The molecule has 3 heterocycles. The van der Waals surface area contributed by atoms with Crippen LogP contribution >= 0.6 is 0 Å². The third-order valence-electron chi connectivity index (χ3n) is 7.26. The topological polar surface area (TPSA) is 280 Å². The molecule has 2 aliphatic heterocycles. The number of ether oxygens (including phenoxy) is 3. The Morgan fingerprint density at radius 1 is 0.762 bits per heavy atom. The number of phenols is 4. The maximum atomic E-state index is 13.0. The van der Waals surface area contributed by atoms with Gasteiger partial charge in [-0.25, -0.2) is 0 Å². The fraction of sp³-hybridized carbons (Fsp3) is 0.423. The molecule has 1 aromatic heterocycles. The van der Waals surface area contributed by atoms with Gasteiger partial charge in [-0.1, -0.05) is 0 Å². The quantitative estimate of drug-likeness (QED) is 0.137. The van der Waals surface area contributed by atoms with Gasteiger partial charge in [0.15, 0.2) is 29.5 Å². The molecule has 42 heavy (non-hydrogen) atoms. The maximum Gasteiger partial charge on any atom is 0.197 e. The number of rotatable bonds is 5. The molecular formula is C26H28O16. The van der Waals surface area contributed by atoms with Crippen molar-refractivity contribution in [3.05, 3.63) is 46.1 Å². The van der Waals surface area contributed by atoms with E-state index in [1.54, 1.807) is 0 Å².